The van der Waals surface area contributed by atoms with Gasteiger partial charge in [-0.1, -0.05) is 162 Å². The SMILES string of the molecule is CC/C=C\C/C=C\C/C=C\C/C=C\CCC(=O)OC(COC(=O)CCCCCCC/C=C\C/C=C\CCC)COP(=O)(O)OCC(CO)OC(=O)CCCCC/C=C\C/C=C\C/C=C\CC. The molecule has 0 rings (SSSR count). The lowest BCUT2D eigenvalue weighted by atomic mass is 10.1. The Bertz CT molecular complexity index is 1520. The molecule has 0 aromatic carbocycles. The van der Waals surface area contributed by atoms with Gasteiger partial charge in [0.15, 0.2) is 6.10 Å². The van der Waals surface area contributed by atoms with Crippen molar-refractivity contribution in [2.75, 3.05) is 26.4 Å². The topological polar surface area (TPSA) is 155 Å². The third kappa shape index (κ3) is 45.3. The number of aliphatic hydroxyl groups is 1. The second-order valence-electron chi connectivity index (χ2n) is 15.9. The van der Waals surface area contributed by atoms with Gasteiger partial charge in [-0.15, -0.1) is 0 Å². The summed E-state index contributed by atoms with van der Waals surface area (Å²) < 4.78 is 39.1. The molecule has 0 aromatic heterocycles. The van der Waals surface area contributed by atoms with Crippen LogP contribution in [0.3, 0.4) is 0 Å². The maximum absolute atomic E-state index is 12.8. The van der Waals surface area contributed by atoms with Crippen LogP contribution in [-0.2, 0) is 42.2 Å². The van der Waals surface area contributed by atoms with Crippen molar-refractivity contribution in [2.24, 2.45) is 0 Å². The van der Waals surface area contributed by atoms with Gasteiger partial charge in [-0.3, -0.25) is 23.4 Å². The molecule has 0 aliphatic carbocycles. The number of phosphoric acid groups is 1. The lowest BCUT2D eigenvalue weighted by molar-refractivity contribution is -0.161. The zero-order chi connectivity index (χ0) is 48.4. The molecular weight excluding hydrogens is 856 g/mol. The Balaban J connectivity index is 4.89. The molecule has 2 N–H and O–H groups in total. The molecule has 11 nitrogen and oxygen atoms in total. The van der Waals surface area contributed by atoms with E-state index in [2.05, 4.69) is 118 Å². The van der Waals surface area contributed by atoms with Crippen LogP contribution in [0.5, 0.6) is 0 Å². The maximum atomic E-state index is 12.8. The molecule has 0 radical (unpaired) electrons. The average molecular weight is 943 g/mol. The number of allylic oxidation sites excluding steroid dienone is 18. The minimum absolute atomic E-state index is 0.0355. The first-order valence-corrected chi connectivity index (χ1v) is 26.3. The summed E-state index contributed by atoms with van der Waals surface area (Å²) in [5.41, 5.74) is 0. The Labute approximate surface area is 399 Å². The van der Waals surface area contributed by atoms with E-state index in [0.717, 1.165) is 116 Å². The predicted octanol–water partition coefficient (Wildman–Crippen LogP) is 13.9. The summed E-state index contributed by atoms with van der Waals surface area (Å²) >= 11 is 0. The van der Waals surface area contributed by atoms with Crippen molar-refractivity contribution in [3.05, 3.63) is 109 Å². The van der Waals surface area contributed by atoms with Crippen molar-refractivity contribution in [3.63, 3.8) is 0 Å². The smallest absolute Gasteiger partial charge is 0.462 e. The fourth-order valence-corrected chi connectivity index (χ4v) is 6.73. The second-order valence-corrected chi connectivity index (χ2v) is 17.3. The van der Waals surface area contributed by atoms with Crippen LogP contribution in [0.15, 0.2) is 109 Å². The van der Waals surface area contributed by atoms with E-state index in [1.807, 2.05) is 12.2 Å². The van der Waals surface area contributed by atoms with Gasteiger partial charge < -0.3 is 24.2 Å². The molecule has 0 saturated carbocycles. The molecule has 0 aliphatic rings. The molecule has 12 heteroatoms. The molecule has 66 heavy (non-hydrogen) atoms. The summed E-state index contributed by atoms with van der Waals surface area (Å²) in [5, 5.41) is 9.75. The van der Waals surface area contributed by atoms with Crippen LogP contribution in [0.2, 0.25) is 0 Å². The first-order valence-electron chi connectivity index (χ1n) is 24.8. The van der Waals surface area contributed by atoms with E-state index in [0.29, 0.717) is 19.3 Å². The molecule has 374 valence electrons. The minimum atomic E-state index is -4.77. The summed E-state index contributed by atoms with van der Waals surface area (Å²) in [4.78, 5) is 48.2. The molecule has 0 saturated heterocycles. The zero-order valence-corrected chi connectivity index (χ0v) is 41.8. The van der Waals surface area contributed by atoms with Crippen LogP contribution < -0.4 is 0 Å². The van der Waals surface area contributed by atoms with Crippen molar-refractivity contribution in [1.82, 2.24) is 0 Å². The normalized spacial score (nSPS) is 14.4. The van der Waals surface area contributed by atoms with Gasteiger partial charge in [0.1, 0.15) is 12.7 Å². The Morgan fingerprint density at radius 3 is 1.32 bits per heavy atom. The molecule has 0 heterocycles. The van der Waals surface area contributed by atoms with Gasteiger partial charge in [-0.25, -0.2) is 4.57 Å². The molecule has 0 bridgehead atoms. The zero-order valence-electron chi connectivity index (χ0n) is 40.9. The fourth-order valence-electron chi connectivity index (χ4n) is 5.95. The van der Waals surface area contributed by atoms with Gasteiger partial charge in [0.05, 0.1) is 19.8 Å². The predicted molar refractivity (Wildman–Crippen MR) is 270 cm³/mol. The molecule has 0 spiro atoms. The first-order chi connectivity index (χ1) is 32.2. The van der Waals surface area contributed by atoms with Crippen molar-refractivity contribution >= 4 is 25.7 Å². The van der Waals surface area contributed by atoms with Gasteiger partial charge in [0.2, 0.25) is 0 Å². The van der Waals surface area contributed by atoms with Crippen LogP contribution in [-0.4, -0.2) is 66.5 Å². The quantitative estimate of drug-likeness (QED) is 0.0197. The minimum Gasteiger partial charge on any atom is -0.462 e. The van der Waals surface area contributed by atoms with Crippen LogP contribution in [0.1, 0.15) is 175 Å². The Morgan fingerprint density at radius 2 is 0.818 bits per heavy atom. The summed E-state index contributed by atoms with van der Waals surface area (Å²) in [6, 6.07) is 0. The summed E-state index contributed by atoms with van der Waals surface area (Å²) in [6.07, 6.45) is 55.1. The van der Waals surface area contributed by atoms with E-state index in [1.54, 1.807) is 0 Å². The van der Waals surface area contributed by atoms with E-state index in [4.69, 9.17) is 23.3 Å². The molecule has 0 fully saturated rings. The Hall–Kier alpha value is -3.86. The number of ether oxygens (including phenoxy) is 3. The van der Waals surface area contributed by atoms with Crippen LogP contribution in [0.25, 0.3) is 0 Å². The van der Waals surface area contributed by atoms with E-state index < -0.39 is 57.8 Å². The van der Waals surface area contributed by atoms with Gasteiger partial charge in [-0.2, -0.15) is 0 Å². The van der Waals surface area contributed by atoms with Gasteiger partial charge in [0.25, 0.3) is 0 Å². The molecule has 3 unspecified atom stereocenters. The van der Waals surface area contributed by atoms with E-state index in [9.17, 15) is 28.9 Å². The van der Waals surface area contributed by atoms with Gasteiger partial charge in [-0.05, 0) is 103 Å². The van der Waals surface area contributed by atoms with Crippen molar-refractivity contribution in [1.29, 1.82) is 0 Å². The maximum Gasteiger partial charge on any atom is 0.472 e. The number of aliphatic hydroxyl groups excluding tert-OH is 1. The van der Waals surface area contributed by atoms with Gasteiger partial charge >= 0.3 is 25.7 Å². The number of phosphoric ester groups is 1. The van der Waals surface area contributed by atoms with E-state index >= 15 is 0 Å². The van der Waals surface area contributed by atoms with Crippen molar-refractivity contribution in [3.8, 4) is 0 Å². The van der Waals surface area contributed by atoms with Crippen molar-refractivity contribution in [2.45, 2.75) is 187 Å². The lowest BCUT2D eigenvalue weighted by Gasteiger charge is -2.21. The second kappa shape index (κ2) is 47.6. The number of hydrogen-bond donors (Lipinski definition) is 2. The molecule has 0 aliphatic heterocycles. The highest BCUT2D eigenvalue weighted by molar-refractivity contribution is 7.47. The fraction of sp³-hybridized carbons (Fsp3) is 0.611. The monoisotopic (exact) mass is 943 g/mol. The highest BCUT2D eigenvalue weighted by Crippen LogP contribution is 2.43. The van der Waals surface area contributed by atoms with Crippen LogP contribution in [0, 0.1) is 0 Å². The number of carbonyl (C=O) groups is 3. The molecule has 0 amide bonds. The lowest BCUT2D eigenvalue weighted by Crippen LogP contribution is -2.30. The summed E-state index contributed by atoms with van der Waals surface area (Å²) in [5.74, 6) is -1.63. The van der Waals surface area contributed by atoms with Crippen LogP contribution >= 0.6 is 7.82 Å². The number of rotatable bonds is 44. The third-order valence-electron chi connectivity index (χ3n) is 9.66. The molecule has 0 aromatic rings. The molecular formula is C54H87O11P. The molecule has 3 atom stereocenters. The Kier molecular flexibility index (Phi) is 44.8. The number of unbranched alkanes of at least 4 members (excludes halogenated alkanes) is 9. The standard InChI is InChI=1S/C54H87O11P/c1-4-7-10-13-16-19-22-25-28-31-34-37-40-43-52(56)61-47-51(65-54(58)45-42-39-36-33-30-27-24-21-18-15-12-9-6-3)49-63-66(59,60)62-48-50(46-55)64-53(57)44-41-38-35-32-29-26-23-20-17-14-11-8-5-2/h8-13,17-22,26-27,29-30,36,39,50-51,55H,4-7,14-16,23-25,28,31-35,37-38,40-49H2,1-3H3,(H,59,60)/b11-8-,12-9-,13-10-,20-17-,21-18-,22-19-,29-26-,30-27-,39-36-. The highest BCUT2D eigenvalue weighted by atomic mass is 31.2. The van der Waals surface area contributed by atoms with E-state index in [-0.39, 0.29) is 25.9 Å². The van der Waals surface area contributed by atoms with Gasteiger partial charge in [0, 0.05) is 19.3 Å². The first kappa shape index (κ1) is 62.1. The van der Waals surface area contributed by atoms with Crippen molar-refractivity contribution < 1.29 is 52.2 Å². The highest BCUT2D eigenvalue weighted by Gasteiger charge is 2.28. The number of esters is 3. The van der Waals surface area contributed by atoms with E-state index in [1.165, 1.54) is 0 Å². The average Bonchev–Trinajstić information content (AvgIpc) is 3.30. The largest absolute Gasteiger partial charge is 0.472 e. The number of hydrogen-bond acceptors (Lipinski definition) is 10. The van der Waals surface area contributed by atoms with Crippen LogP contribution in [0.4, 0.5) is 0 Å². The Morgan fingerprint density at radius 1 is 0.439 bits per heavy atom. The third-order valence-corrected chi connectivity index (χ3v) is 10.6. The summed E-state index contributed by atoms with van der Waals surface area (Å²) in [6.45, 7) is 4.16. The summed E-state index contributed by atoms with van der Waals surface area (Å²) in [7, 11) is -4.77. The number of carbonyl (C=O) groups excluding carboxylic acids is 3.